The summed E-state index contributed by atoms with van der Waals surface area (Å²) < 4.78 is 19.9. The molecule has 1 nitrogen and oxygen atoms in total. The third-order valence-corrected chi connectivity index (χ3v) is 4.38. The van der Waals surface area contributed by atoms with Gasteiger partial charge in [-0.15, -0.1) is 11.6 Å². The molecule has 1 unspecified atom stereocenters. The number of rotatable bonds is 5. The van der Waals surface area contributed by atoms with Crippen molar-refractivity contribution in [3.05, 3.63) is 62.8 Å². The number of halogens is 4. The van der Waals surface area contributed by atoms with Gasteiger partial charge in [0.05, 0.1) is 21.5 Å². The second-order valence-electron chi connectivity index (χ2n) is 4.57. The highest BCUT2D eigenvalue weighted by Gasteiger charge is 2.14. The van der Waals surface area contributed by atoms with Crippen LogP contribution in [0.15, 0.2) is 40.9 Å². The second kappa shape index (κ2) is 7.48. The molecule has 0 radical (unpaired) electrons. The number of ether oxygens (including phenoxy) is 1. The Labute approximate surface area is 142 Å². The molecule has 0 saturated carbocycles. The molecule has 0 aromatic heterocycles. The number of alkyl halides is 1. The Hall–Kier alpha value is -0.770. The van der Waals surface area contributed by atoms with Crippen molar-refractivity contribution >= 4 is 39.1 Å². The molecular weight excluding hydrogens is 378 g/mol. The van der Waals surface area contributed by atoms with Crippen LogP contribution in [-0.2, 0) is 0 Å². The summed E-state index contributed by atoms with van der Waals surface area (Å²) in [6, 6.07) is 10.2. The fourth-order valence-corrected chi connectivity index (χ4v) is 2.77. The van der Waals surface area contributed by atoms with Crippen molar-refractivity contribution < 1.29 is 9.13 Å². The van der Waals surface area contributed by atoms with Crippen molar-refractivity contribution in [2.75, 3.05) is 6.61 Å². The minimum atomic E-state index is -0.471. The van der Waals surface area contributed by atoms with Gasteiger partial charge in [0.25, 0.3) is 0 Å². The van der Waals surface area contributed by atoms with E-state index in [1.165, 1.54) is 12.1 Å². The van der Waals surface area contributed by atoms with Gasteiger partial charge in [-0.05, 0) is 57.7 Å². The highest BCUT2D eigenvalue weighted by Crippen LogP contribution is 2.35. The maximum atomic E-state index is 13.5. The first-order chi connectivity index (χ1) is 10.0. The molecule has 0 N–H and O–H groups in total. The first kappa shape index (κ1) is 16.6. The van der Waals surface area contributed by atoms with E-state index in [1.807, 2.05) is 25.1 Å². The smallest absolute Gasteiger partial charge is 0.142 e. The van der Waals surface area contributed by atoms with E-state index < -0.39 is 11.2 Å². The van der Waals surface area contributed by atoms with Gasteiger partial charge in [0.1, 0.15) is 11.6 Å². The zero-order chi connectivity index (χ0) is 15.4. The predicted molar refractivity (Wildman–Crippen MR) is 89.0 cm³/mol. The van der Waals surface area contributed by atoms with Crippen LogP contribution in [0.3, 0.4) is 0 Å². The lowest BCUT2D eigenvalue weighted by Gasteiger charge is -2.13. The van der Waals surface area contributed by atoms with Crippen LogP contribution in [0.25, 0.3) is 0 Å². The van der Waals surface area contributed by atoms with Crippen molar-refractivity contribution in [1.29, 1.82) is 0 Å². The van der Waals surface area contributed by atoms with Crippen LogP contribution >= 0.6 is 39.1 Å². The molecule has 0 amide bonds. The Morgan fingerprint density at radius 2 is 1.86 bits per heavy atom. The summed E-state index contributed by atoms with van der Waals surface area (Å²) in [5.74, 6) is 0.300. The Morgan fingerprint density at radius 1 is 1.19 bits per heavy atom. The Balaban J connectivity index is 2.24. The summed E-state index contributed by atoms with van der Waals surface area (Å²) in [5.41, 5.74) is 1.52. The van der Waals surface area contributed by atoms with Crippen molar-refractivity contribution in [1.82, 2.24) is 0 Å². The summed E-state index contributed by atoms with van der Waals surface area (Å²) in [6.07, 6.45) is 0.941. The standard InChI is InChI=1S/C16H14BrCl2FO/c1-2-7-21-15-6-4-10(8-12(15)17)16(19)11-3-5-13(18)14(20)9-11/h3-6,8-9,16H,2,7H2,1H3. The predicted octanol–water partition coefficient (Wildman–Crippen LogP) is 6.36. The minimum absolute atomic E-state index is 0.0899. The van der Waals surface area contributed by atoms with Gasteiger partial charge in [-0.2, -0.15) is 0 Å². The third kappa shape index (κ3) is 4.12. The molecule has 0 saturated heterocycles. The Kier molecular flexibility index (Phi) is 5.91. The van der Waals surface area contributed by atoms with Gasteiger partial charge in [0, 0.05) is 0 Å². The normalized spacial score (nSPS) is 12.2. The van der Waals surface area contributed by atoms with Crippen molar-refractivity contribution in [3.8, 4) is 5.75 Å². The largest absolute Gasteiger partial charge is 0.492 e. The average molecular weight is 392 g/mol. The SMILES string of the molecule is CCCOc1ccc(C(Cl)c2ccc(Cl)c(F)c2)cc1Br. The zero-order valence-electron chi connectivity index (χ0n) is 11.4. The number of hydrogen-bond donors (Lipinski definition) is 0. The van der Waals surface area contributed by atoms with Gasteiger partial charge in [0.15, 0.2) is 0 Å². The van der Waals surface area contributed by atoms with Gasteiger partial charge in [0.2, 0.25) is 0 Å². The van der Waals surface area contributed by atoms with E-state index in [0.29, 0.717) is 12.2 Å². The van der Waals surface area contributed by atoms with Crippen LogP contribution in [0.2, 0.25) is 5.02 Å². The van der Waals surface area contributed by atoms with Crippen LogP contribution in [0.4, 0.5) is 4.39 Å². The fourth-order valence-electron chi connectivity index (χ4n) is 1.87. The molecule has 1 atom stereocenters. The van der Waals surface area contributed by atoms with Gasteiger partial charge >= 0.3 is 0 Å². The summed E-state index contributed by atoms with van der Waals surface area (Å²) in [7, 11) is 0. The number of benzene rings is 2. The van der Waals surface area contributed by atoms with E-state index in [-0.39, 0.29) is 5.02 Å². The van der Waals surface area contributed by atoms with E-state index in [2.05, 4.69) is 15.9 Å². The third-order valence-electron chi connectivity index (χ3n) is 2.95. The molecule has 0 aliphatic carbocycles. The van der Waals surface area contributed by atoms with Gasteiger partial charge in [-0.1, -0.05) is 30.7 Å². The average Bonchev–Trinajstić information content (AvgIpc) is 2.48. The molecule has 0 heterocycles. The van der Waals surface area contributed by atoms with Crippen LogP contribution in [0.5, 0.6) is 5.75 Å². The minimum Gasteiger partial charge on any atom is -0.492 e. The van der Waals surface area contributed by atoms with Crippen LogP contribution in [-0.4, -0.2) is 6.61 Å². The molecular formula is C16H14BrCl2FO. The first-order valence-electron chi connectivity index (χ1n) is 6.54. The molecule has 2 aromatic carbocycles. The highest BCUT2D eigenvalue weighted by atomic mass is 79.9. The van der Waals surface area contributed by atoms with Gasteiger partial charge < -0.3 is 4.74 Å². The van der Waals surface area contributed by atoms with E-state index in [4.69, 9.17) is 27.9 Å². The lowest BCUT2D eigenvalue weighted by atomic mass is 10.0. The lowest BCUT2D eigenvalue weighted by Crippen LogP contribution is -1.98. The van der Waals surface area contributed by atoms with Crippen LogP contribution < -0.4 is 4.74 Å². The maximum Gasteiger partial charge on any atom is 0.142 e. The molecule has 0 aliphatic rings. The monoisotopic (exact) mass is 390 g/mol. The number of hydrogen-bond acceptors (Lipinski definition) is 1. The van der Waals surface area contributed by atoms with Gasteiger partial charge in [-0.25, -0.2) is 4.39 Å². The van der Waals surface area contributed by atoms with Crippen molar-refractivity contribution in [2.45, 2.75) is 18.7 Å². The highest BCUT2D eigenvalue weighted by molar-refractivity contribution is 9.10. The molecule has 2 rings (SSSR count). The Morgan fingerprint density at radius 3 is 2.48 bits per heavy atom. The Bertz CT molecular complexity index is 634. The summed E-state index contributed by atoms with van der Waals surface area (Å²) >= 11 is 15.6. The topological polar surface area (TPSA) is 9.23 Å². The van der Waals surface area contributed by atoms with E-state index in [0.717, 1.165) is 22.2 Å². The molecule has 0 spiro atoms. The molecule has 0 aliphatic heterocycles. The first-order valence-corrected chi connectivity index (χ1v) is 8.15. The fraction of sp³-hybridized carbons (Fsp3) is 0.250. The summed E-state index contributed by atoms with van der Waals surface area (Å²) in [5, 5.41) is -0.361. The maximum absolute atomic E-state index is 13.5. The zero-order valence-corrected chi connectivity index (χ0v) is 14.5. The molecule has 0 bridgehead atoms. The quantitative estimate of drug-likeness (QED) is 0.539. The van der Waals surface area contributed by atoms with E-state index in [1.54, 1.807) is 6.07 Å². The molecule has 112 valence electrons. The van der Waals surface area contributed by atoms with E-state index in [9.17, 15) is 4.39 Å². The molecule has 0 fully saturated rings. The van der Waals surface area contributed by atoms with Crippen LogP contribution in [0.1, 0.15) is 29.8 Å². The summed E-state index contributed by atoms with van der Waals surface area (Å²) in [4.78, 5) is 0. The van der Waals surface area contributed by atoms with E-state index >= 15 is 0 Å². The summed E-state index contributed by atoms with van der Waals surface area (Å²) in [6.45, 7) is 2.71. The lowest BCUT2D eigenvalue weighted by molar-refractivity contribution is 0.315. The molecule has 2 aromatic rings. The van der Waals surface area contributed by atoms with Gasteiger partial charge in [-0.3, -0.25) is 0 Å². The van der Waals surface area contributed by atoms with Crippen LogP contribution in [0, 0.1) is 5.82 Å². The van der Waals surface area contributed by atoms with Crippen molar-refractivity contribution in [2.24, 2.45) is 0 Å². The molecule has 21 heavy (non-hydrogen) atoms. The van der Waals surface area contributed by atoms with Crippen molar-refractivity contribution in [3.63, 3.8) is 0 Å². The molecule has 5 heteroatoms. The second-order valence-corrected chi connectivity index (χ2v) is 6.27.